The van der Waals surface area contributed by atoms with Gasteiger partial charge < -0.3 is 4.42 Å². The predicted molar refractivity (Wildman–Crippen MR) is 166 cm³/mol. The Kier molecular flexibility index (Phi) is 6.42. The van der Waals surface area contributed by atoms with Gasteiger partial charge in [0.1, 0.15) is 5.52 Å². The number of benzene rings is 5. The molecule has 0 saturated heterocycles. The summed E-state index contributed by atoms with van der Waals surface area (Å²) in [6, 6.07) is 45.9. The quantitative estimate of drug-likeness (QED) is 0.215. The van der Waals surface area contributed by atoms with Crippen LogP contribution in [0, 0.1) is 0 Å². The summed E-state index contributed by atoms with van der Waals surface area (Å²) in [7, 11) is 0. The maximum Gasteiger partial charge on any atom is 0.195 e. The monoisotopic (exact) mass is 529 g/mol. The highest BCUT2D eigenvalue weighted by Crippen LogP contribution is 2.32. The van der Waals surface area contributed by atoms with E-state index in [2.05, 4.69) is 108 Å². The van der Waals surface area contributed by atoms with Crippen LogP contribution in [0.5, 0.6) is 0 Å². The van der Waals surface area contributed by atoms with Crippen LogP contribution in [0.4, 0.5) is 0 Å². The Morgan fingerprint density at radius 3 is 1.76 bits per heavy atom. The lowest BCUT2D eigenvalue weighted by Crippen LogP contribution is -1.96. The number of rotatable bonds is 6. The fourth-order valence-electron chi connectivity index (χ4n) is 5.09. The van der Waals surface area contributed by atoms with E-state index in [1.54, 1.807) is 0 Å². The molecular formula is C37H27N3O. The molecule has 5 aromatic carbocycles. The van der Waals surface area contributed by atoms with E-state index in [-0.39, 0.29) is 0 Å². The molecule has 7 aromatic rings. The van der Waals surface area contributed by atoms with Crippen LogP contribution < -0.4 is 0 Å². The first-order valence-corrected chi connectivity index (χ1v) is 13.8. The topological polar surface area (TPSA) is 51.8 Å². The Morgan fingerprint density at radius 1 is 0.463 bits per heavy atom. The van der Waals surface area contributed by atoms with Gasteiger partial charge in [-0.1, -0.05) is 116 Å². The summed E-state index contributed by atoms with van der Waals surface area (Å²) >= 11 is 0. The fourth-order valence-corrected chi connectivity index (χ4v) is 5.09. The van der Waals surface area contributed by atoms with E-state index in [1.807, 2.05) is 37.3 Å². The van der Waals surface area contributed by atoms with Crippen LogP contribution >= 0.6 is 0 Å². The third kappa shape index (κ3) is 5.04. The van der Waals surface area contributed by atoms with Gasteiger partial charge in [-0.05, 0) is 46.5 Å². The van der Waals surface area contributed by atoms with Crippen LogP contribution in [0.1, 0.15) is 12.8 Å². The number of aryl methyl sites for hydroxylation is 1. The molecule has 0 aliphatic carbocycles. The predicted octanol–water partition coefficient (Wildman–Crippen LogP) is 9.52. The van der Waals surface area contributed by atoms with Crippen molar-refractivity contribution in [3.63, 3.8) is 0 Å². The maximum atomic E-state index is 5.82. The zero-order chi connectivity index (χ0) is 27.6. The highest BCUT2D eigenvalue weighted by Gasteiger charge is 2.13. The molecule has 0 bridgehead atoms. The molecule has 0 unspecified atom stereocenters. The minimum atomic E-state index is 0.701. The van der Waals surface area contributed by atoms with Crippen LogP contribution in [0.25, 0.3) is 67.3 Å². The molecule has 2 heterocycles. The molecule has 0 atom stereocenters. The first-order chi connectivity index (χ1) is 20.2. The Morgan fingerprint density at radius 2 is 1.02 bits per heavy atom. The number of hydrogen-bond donors (Lipinski definition) is 0. The van der Waals surface area contributed by atoms with E-state index in [9.17, 15) is 0 Å². The van der Waals surface area contributed by atoms with Crippen LogP contribution in [0.2, 0.25) is 0 Å². The molecule has 7 rings (SSSR count). The molecule has 0 amide bonds. The molecule has 0 saturated carbocycles. The molecule has 0 aliphatic rings. The molecule has 0 radical (unpaired) electrons. The van der Waals surface area contributed by atoms with E-state index in [0.717, 1.165) is 62.6 Å². The molecular weight excluding hydrogens is 502 g/mol. The average Bonchev–Trinajstić information content (AvgIpc) is 3.48. The van der Waals surface area contributed by atoms with Gasteiger partial charge in [-0.3, -0.25) is 0 Å². The van der Waals surface area contributed by atoms with Gasteiger partial charge in [0.15, 0.2) is 17.3 Å². The number of fused-ring (bicyclic) bond motifs is 1. The summed E-state index contributed by atoms with van der Waals surface area (Å²) in [5.41, 5.74) is 11.1. The highest BCUT2D eigenvalue weighted by atomic mass is 16.3. The van der Waals surface area contributed by atoms with Crippen LogP contribution in [-0.2, 0) is 6.42 Å². The first-order valence-electron chi connectivity index (χ1n) is 13.8. The minimum absolute atomic E-state index is 0.701. The van der Waals surface area contributed by atoms with E-state index < -0.39 is 0 Å². The lowest BCUT2D eigenvalue weighted by atomic mass is 9.99. The molecule has 0 aliphatic heterocycles. The Balaban J connectivity index is 1.31. The van der Waals surface area contributed by atoms with Crippen molar-refractivity contribution < 1.29 is 4.42 Å². The molecule has 4 nitrogen and oxygen atoms in total. The summed E-state index contributed by atoms with van der Waals surface area (Å²) < 4.78 is 5.82. The van der Waals surface area contributed by atoms with Crippen molar-refractivity contribution in [3.05, 3.63) is 139 Å². The zero-order valence-corrected chi connectivity index (χ0v) is 22.7. The second-order valence-electron chi connectivity index (χ2n) is 10.00. The van der Waals surface area contributed by atoms with Gasteiger partial charge in [0.25, 0.3) is 0 Å². The number of aromatic nitrogens is 3. The number of nitrogens with zero attached hydrogens (tertiary/aromatic N) is 3. The Labute approximate surface area is 239 Å². The fraction of sp³-hybridized carbons (Fsp3) is 0.0541. The zero-order valence-electron chi connectivity index (χ0n) is 22.7. The number of hydrogen-bond acceptors (Lipinski definition) is 4. The van der Waals surface area contributed by atoms with Gasteiger partial charge in [-0.25, -0.2) is 15.0 Å². The van der Waals surface area contributed by atoms with Crippen LogP contribution in [-0.4, -0.2) is 15.0 Å². The van der Waals surface area contributed by atoms with E-state index in [4.69, 9.17) is 14.4 Å². The van der Waals surface area contributed by atoms with E-state index in [1.165, 1.54) is 11.1 Å². The maximum absolute atomic E-state index is 5.82. The largest absolute Gasteiger partial charge is 0.441 e. The van der Waals surface area contributed by atoms with Gasteiger partial charge in [0.05, 0.1) is 11.4 Å². The molecule has 41 heavy (non-hydrogen) atoms. The van der Waals surface area contributed by atoms with E-state index in [0.29, 0.717) is 5.82 Å². The molecule has 4 heteroatoms. The smallest absolute Gasteiger partial charge is 0.195 e. The summed E-state index contributed by atoms with van der Waals surface area (Å²) in [5.74, 6) is 1.46. The van der Waals surface area contributed by atoms with Crippen LogP contribution in [0.3, 0.4) is 0 Å². The first kappa shape index (κ1) is 24.7. The molecule has 0 spiro atoms. The standard InChI is InChI=1S/C37H27N3O/c1-2-36-38-34-23-30(20-21-35(34)41-36)29-14-9-15-31(22-29)33-24-32(39-37(40-33)28-12-7-4-8-13-28)27-18-16-26(17-19-27)25-10-5-3-6-11-25/h3-24H,2H2,1H3. The van der Waals surface area contributed by atoms with Gasteiger partial charge in [0, 0.05) is 23.1 Å². The van der Waals surface area contributed by atoms with Crippen molar-refractivity contribution in [2.24, 2.45) is 0 Å². The van der Waals surface area contributed by atoms with Crippen molar-refractivity contribution in [2.75, 3.05) is 0 Å². The van der Waals surface area contributed by atoms with Gasteiger partial charge in [0.2, 0.25) is 0 Å². The van der Waals surface area contributed by atoms with Crippen LogP contribution in [0.15, 0.2) is 138 Å². The Hall–Kier alpha value is -5.35. The summed E-state index contributed by atoms with van der Waals surface area (Å²) in [6.45, 7) is 2.05. The lowest BCUT2D eigenvalue weighted by Gasteiger charge is -2.11. The third-order valence-electron chi connectivity index (χ3n) is 7.27. The summed E-state index contributed by atoms with van der Waals surface area (Å²) in [4.78, 5) is 14.6. The van der Waals surface area contributed by atoms with E-state index >= 15 is 0 Å². The summed E-state index contributed by atoms with van der Waals surface area (Å²) in [5, 5.41) is 0. The average molecular weight is 530 g/mol. The third-order valence-corrected chi connectivity index (χ3v) is 7.27. The number of oxazole rings is 1. The summed E-state index contributed by atoms with van der Waals surface area (Å²) in [6.07, 6.45) is 0.772. The second-order valence-corrected chi connectivity index (χ2v) is 10.00. The SMILES string of the molecule is CCc1nc2cc(-c3cccc(-c4cc(-c5ccc(-c6ccccc6)cc5)nc(-c5ccccc5)n4)c3)ccc2o1. The van der Waals surface area contributed by atoms with Crippen molar-refractivity contribution in [1.82, 2.24) is 15.0 Å². The van der Waals surface area contributed by atoms with Crippen molar-refractivity contribution in [2.45, 2.75) is 13.3 Å². The molecule has 196 valence electrons. The highest BCUT2D eigenvalue weighted by molar-refractivity contribution is 5.82. The second kappa shape index (κ2) is 10.7. The lowest BCUT2D eigenvalue weighted by molar-refractivity contribution is 0.538. The van der Waals surface area contributed by atoms with Gasteiger partial charge in [-0.2, -0.15) is 0 Å². The molecule has 2 aromatic heterocycles. The van der Waals surface area contributed by atoms with Gasteiger partial charge in [-0.15, -0.1) is 0 Å². The van der Waals surface area contributed by atoms with Crippen molar-refractivity contribution in [3.8, 4) is 56.2 Å². The molecule has 0 N–H and O–H groups in total. The Bertz CT molecular complexity index is 1960. The van der Waals surface area contributed by atoms with Gasteiger partial charge >= 0.3 is 0 Å². The normalized spacial score (nSPS) is 11.1. The van der Waals surface area contributed by atoms with Crippen molar-refractivity contribution in [1.29, 1.82) is 0 Å². The van der Waals surface area contributed by atoms with Crippen molar-refractivity contribution >= 4 is 11.1 Å². The molecule has 0 fully saturated rings. The minimum Gasteiger partial charge on any atom is -0.441 e.